The van der Waals surface area contributed by atoms with Gasteiger partial charge < -0.3 is 14.6 Å². The standard InChI is InChI=1S/C26H26F2N2O4/c1-5-34-26(33)23-15(2)22(16(3)29-23)24(31)17(4)30(14-18-6-10-20(27)11-7-18)25(32)19-8-12-21(28)13-9-19/h6-13,17,29H,5,14H2,1-4H3. The van der Waals surface area contributed by atoms with Gasteiger partial charge in [-0.05, 0) is 75.2 Å². The van der Waals surface area contributed by atoms with Gasteiger partial charge in [0.25, 0.3) is 5.91 Å². The number of H-pyrrole nitrogens is 1. The number of ether oxygens (including phenoxy) is 1. The first kappa shape index (κ1) is 24.8. The average Bonchev–Trinajstić information content (AvgIpc) is 3.11. The highest BCUT2D eigenvalue weighted by Crippen LogP contribution is 2.24. The van der Waals surface area contributed by atoms with Gasteiger partial charge in [-0.15, -0.1) is 0 Å². The van der Waals surface area contributed by atoms with E-state index >= 15 is 0 Å². The molecule has 3 rings (SSSR count). The summed E-state index contributed by atoms with van der Waals surface area (Å²) in [5, 5.41) is 0. The molecule has 0 radical (unpaired) electrons. The Morgan fingerprint density at radius 2 is 1.53 bits per heavy atom. The average molecular weight is 469 g/mol. The van der Waals surface area contributed by atoms with Crippen molar-refractivity contribution in [1.82, 2.24) is 9.88 Å². The molecule has 34 heavy (non-hydrogen) atoms. The van der Waals surface area contributed by atoms with E-state index in [1.807, 2.05) is 0 Å². The topological polar surface area (TPSA) is 79.5 Å². The van der Waals surface area contributed by atoms with Crippen LogP contribution in [0.4, 0.5) is 8.78 Å². The molecular formula is C26H26F2N2O4. The quantitative estimate of drug-likeness (QED) is 0.373. The number of hydrogen-bond donors (Lipinski definition) is 1. The van der Waals surface area contributed by atoms with E-state index in [9.17, 15) is 23.2 Å². The van der Waals surface area contributed by atoms with Gasteiger partial charge in [-0.25, -0.2) is 13.6 Å². The van der Waals surface area contributed by atoms with Crippen LogP contribution in [-0.2, 0) is 11.3 Å². The van der Waals surface area contributed by atoms with Gasteiger partial charge in [0, 0.05) is 23.4 Å². The van der Waals surface area contributed by atoms with Crippen LogP contribution in [0.15, 0.2) is 48.5 Å². The van der Waals surface area contributed by atoms with Crippen molar-refractivity contribution < 1.29 is 27.9 Å². The number of halogens is 2. The van der Waals surface area contributed by atoms with Crippen molar-refractivity contribution in [1.29, 1.82) is 0 Å². The number of amides is 1. The zero-order valence-electron chi connectivity index (χ0n) is 19.4. The third-order valence-electron chi connectivity index (χ3n) is 5.63. The fourth-order valence-electron chi connectivity index (χ4n) is 3.81. The molecule has 1 heterocycles. The minimum Gasteiger partial charge on any atom is -0.461 e. The van der Waals surface area contributed by atoms with Crippen molar-refractivity contribution in [2.75, 3.05) is 6.61 Å². The molecule has 178 valence electrons. The summed E-state index contributed by atoms with van der Waals surface area (Å²) in [7, 11) is 0. The van der Waals surface area contributed by atoms with E-state index in [0.29, 0.717) is 22.4 Å². The highest BCUT2D eigenvalue weighted by atomic mass is 19.1. The lowest BCUT2D eigenvalue weighted by Gasteiger charge is -2.29. The number of esters is 1. The highest BCUT2D eigenvalue weighted by molar-refractivity contribution is 6.07. The number of nitrogens with one attached hydrogen (secondary N) is 1. The molecular weight excluding hydrogens is 442 g/mol. The number of Topliss-reactive ketones (excluding diaryl/α,β-unsaturated/α-hetero) is 1. The molecule has 1 aromatic heterocycles. The van der Waals surface area contributed by atoms with Gasteiger partial charge in [0.1, 0.15) is 17.3 Å². The molecule has 1 amide bonds. The Kier molecular flexibility index (Phi) is 7.61. The lowest BCUT2D eigenvalue weighted by molar-refractivity contribution is 0.0518. The maximum atomic E-state index is 13.6. The van der Waals surface area contributed by atoms with Crippen molar-refractivity contribution >= 4 is 17.7 Å². The minimum absolute atomic E-state index is 0.0245. The highest BCUT2D eigenvalue weighted by Gasteiger charge is 2.32. The Morgan fingerprint density at radius 3 is 2.09 bits per heavy atom. The normalized spacial score (nSPS) is 11.7. The Labute approximate surface area is 196 Å². The zero-order chi connectivity index (χ0) is 25.0. The Hall–Kier alpha value is -3.81. The third kappa shape index (κ3) is 5.22. The van der Waals surface area contributed by atoms with Crippen molar-refractivity contribution in [3.63, 3.8) is 0 Å². The SMILES string of the molecule is CCOC(=O)c1[nH]c(C)c(C(=O)C(C)N(Cc2ccc(F)cc2)C(=O)c2ccc(F)cc2)c1C. The van der Waals surface area contributed by atoms with Crippen LogP contribution in [0.3, 0.4) is 0 Å². The number of benzene rings is 2. The zero-order valence-corrected chi connectivity index (χ0v) is 19.4. The fourth-order valence-corrected chi connectivity index (χ4v) is 3.81. The number of aryl methyl sites for hydroxylation is 1. The van der Waals surface area contributed by atoms with Crippen LogP contribution in [0.1, 0.15) is 61.9 Å². The Balaban J connectivity index is 1.99. The van der Waals surface area contributed by atoms with Gasteiger partial charge in [-0.2, -0.15) is 0 Å². The molecule has 0 aliphatic rings. The van der Waals surface area contributed by atoms with Gasteiger partial charge in [0.05, 0.1) is 12.6 Å². The van der Waals surface area contributed by atoms with E-state index in [-0.39, 0.29) is 30.2 Å². The molecule has 0 fully saturated rings. The number of nitrogens with zero attached hydrogens (tertiary/aromatic N) is 1. The largest absolute Gasteiger partial charge is 0.461 e. The number of aromatic nitrogens is 1. The number of aromatic amines is 1. The van der Waals surface area contributed by atoms with Gasteiger partial charge in [0.2, 0.25) is 0 Å². The first-order valence-corrected chi connectivity index (χ1v) is 10.9. The second kappa shape index (κ2) is 10.4. The smallest absolute Gasteiger partial charge is 0.355 e. The van der Waals surface area contributed by atoms with Gasteiger partial charge in [0.15, 0.2) is 5.78 Å². The summed E-state index contributed by atoms with van der Waals surface area (Å²) in [5.74, 6) is -2.34. The summed E-state index contributed by atoms with van der Waals surface area (Å²) < 4.78 is 31.8. The second-order valence-corrected chi connectivity index (χ2v) is 7.95. The van der Waals surface area contributed by atoms with Crippen molar-refractivity contribution in [3.05, 3.63) is 93.8 Å². The summed E-state index contributed by atoms with van der Waals surface area (Å²) in [6.45, 7) is 6.79. The molecule has 3 aromatic rings. The minimum atomic E-state index is -0.939. The van der Waals surface area contributed by atoms with Gasteiger partial charge in [-0.3, -0.25) is 9.59 Å². The molecule has 0 bridgehead atoms. The summed E-state index contributed by atoms with van der Waals surface area (Å²) in [4.78, 5) is 43.5. The first-order chi connectivity index (χ1) is 16.1. The van der Waals surface area contributed by atoms with Crippen LogP contribution in [-0.4, -0.2) is 40.2 Å². The van der Waals surface area contributed by atoms with Crippen LogP contribution in [0, 0.1) is 25.5 Å². The third-order valence-corrected chi connectivity index (χ3v) is 5.63. The number of ketones is 1. The summed E-state index contributed by atoms with van der Waals surface area (Å²) in [5.41, 5.74) is 2.22. The maximum absolute atomic E-state index is 13.6. The van der Waals surface area contributed by atoms with Crippen LogP contribution in [0.25, 0.3) is 0 Å². The van der Waals surface area contributed by atoms with Crippen molar-refractivity contribution in [3.8, 4) is 0 Å². The van der Waals surface area contributed by atoms with E-state index in [1.54, 1.807) is 27.7 Å². The lowest BCUT2D eigenvalue weighted by atomic mass is 9.98. The predicted molar refractivity (Wildman–Crippen MR) is 123 cm³/mol. The lowest BCUT2D eigenvalue weighted by Crippen LogP contribution is -2.43. The van der Waals surface area contributed by atoms with Crippen LogP contribution >= 0.6 is 0 Å². The fraction of sp³-hybridized carbons (Fsp3) is 0.269. The number of rotatable bonds is 8. The molecule has 2 aromatic carbocycles. The molecule has 1 atom stereocenters. The van der Waals surface area contributed by atoms with E-state index in [4.69, 9.17) is 4.74 Å². The summed E-state index contributed by atoms with van der Waals surface area (Å²) >= 11 is 0. The van der Waals surface area contributed by atoms with Crippen LogP contribution in [0.5, 0.6) is 0 Å². The van der Waals surface area contributed by atoms with Crippen LogP contribution < -0.4 is 0 Å². The van der Waals surface area contributed by atoms with Gasteiger partial charge >= 0.3 is 5.97 Å². The van der Waals surface area contributed by atoms with Gasteiger partial charge in [-0.1, -0.05) is 12.1 Å². The predicted octanol–water partition coefficient (Wildman–Crippen LogP) is 5.00. The van der Waals surface area contributed by atoms with E-state index in [0.717, 1.165) is 0 Å². The molecule has 0 spiro atoms. The Morgan fingerprint density at radius 1 is 0.971 bits per heavy atom. The van der Waals surface area contributed by atoms with Crippen molar-refractivity contribution in [2.45, 2.75) is 40.3 Å². The first-order valence-electron chi connectivity index (χ1n) is 10.9. The number of carbonyl (C=O) groups is 3. The molecule has 8 heteroatoms. The summed E-state index contributed by atoms with van der Waals surface area (Å²) in [6.07, 6.45) is 0. The molecule has 0 aliphatic carbocycles. The number of hydrogen-bond acceptors (Lipinski definition) is 4. The molecule has 6 nitrogen and oxygen atoms in total. The van der Waals surface area contributed by atoms with E-state index in [1.165, 1.54) is 53.4 Å². The molecule has 1 N–H and O–H groups in total. The monoisotopic (exact) mass is 468 g/mol. The van der Waals surface area contributed by atoms with Crippen LogP contribution in [0.2, 0.25) is 0 Å². The molecule has 0 saturated heterocycles. The summed E-state index contributed by atoms with van der Waals surface area (Å²) in [6, 6.07) is 9.70. The Bertz CT molecular complexity index is 1200. The molecule has 0 aliphatic heterocycles. The van der Waals surface area contributed by atoms with E-state index < -0.39 is 29.6 Å². The van der Waals surface area contributed by atoms with E-state index in [2.05, 4.69) is 4.98 Å². The number of carbonyl (C=O) groups excluding carboxylic acids is 3. The van der Waals surface area contributed by atoms with Crippen molar-refractivity contribution in [2.24, 2.45) is 0 Å². The molecule has 0 saturated carbocycles. The maximum Gasteiger partial charge on any atom is 0.355 e. The second-order valence-electron chi connectivity index (χ2n) is 7.95. The molecule has 1 unspecified atom stereocenters.